The third-order valence-electron chi connectivity index (χ3n) is 4.64. The van der Waals surface area contributed by atoms with Crippen molar-refractivity contribution >= 4 is 51.5 Å². The molecule has 2 heterocycles. The van der Waals surface area contributed by atoms with Crippen molar-refractivity contribution in [1.82, 2.24) is 9.47 Å². The van der Waals surface area contributed by atoms with Gasteiger partial charge in [-0.25, -0.2) is 9.79 Å². The maximum atomic E-state index is 12.7. The van der Waals surface area contributed by atoms with Gasteiger partial charge in [-0.05, 0) is 42.1 Å². The Labute approximate surface area is 170 Å². The van der Waals surface area contributed by atoms with Crippen molar-refractivity contribution in [3.63, 3.8) is 0 Å². The number of hydrogen-bond donors (Lipinski definition) is 2. The lowest BCUT2D eigenvalue weighted by molar-refractivity contribution is -0.121. The third kappa shape index (κ3) is 3.38. The Bertz CT molecular complexity index is 1230. The molecule has 146 valence electrons. The molecular formula is C21H17N3O4S. The fourth-order valence-corrected chi connectivity index (χ4v) is 4.15. The second kappa shape index (κ2) is 7.14. The molecule has 1 aromatic heterocycles. The van der Waals surface area contributed by atoms with Gasteiger partial charge in [-0.1, -0.05) is 18.2 Å². The summed E-state index contributed by atoms with van der Waals surface area (Å²) in [5, 5.41) is 20.3. The number of aromatic hydroxyl groups is 1. The van der Waals surface area contributed by atoms with Crippen LogP contribution in [-0.4, -0.2) is 43.8 Å². The van der Waals surface area contributed by atoms with Crippen LogP contribution in [0.5, 0.6) is 5.75 Å². The number of hydrogen-bond acceptors (Lipinski definition) is 5. The Hall–Kier alpha value is -3.52. The van der Waals surface area contributed by atoms with Crippen LogP contribution < -0.4 is 0 Å². The molecule has 3 aromatic rings. The predicted molar refractivity (Wildman–Crippen MR) is 113 cm³/mol. The molecule has 8 heteroatoms. The summed E-state index contributed by atoms with van der Waals surface area (Å²) in [6.45, 7) is 0. The Morgan fingerprint density at radius 1 is 1.17 bits per heavy atom. The van der Waals surface area contributed by atoms with Crippen LogP contribution in [0.3, 0.4) is 0 Å². The molecule has 1 fully saturated rings. The molecule has 0 atom stereocenters. The zero-order valence-electron chi connectivity index (χ0n) is 15.7. The van der Waals surface area contributed by atoms with E-state index < -0.39 is 5.97 Å². The highest BCUT2D eigenvalue weighted by Gasteiger charge is 2.31. The number of thioether (sulfide) groups is 1. The Morgan fingerprint density at radius 3 is 2.69 bits per heavy atom. The van der Waals surface area contributed by atoms with Gasteiger partial charge in [0.05, 0.1) is 16.2 Å². The molecule has 0 saturated carbocycles. The van der Waals surface area contributed by atoms with Crippen LogP contribution in [0.1, 0.15) is 15.9 Å². The topological polar surface area (TPSA) is 95.1 Å². The van der Waals surface area contributed by atoms with E-state index in [1.165, 1.54) is 28.8 Å². The summed E-state index contributed by atoms with van der Waals surface area (Å²) in [6.07, 6.45) is 3.78. The van der Waals surface area contributed by atoms with Gasteiger partial charge in [-0.15, -0.1) is 0 Å². The summed E-state index contributed by atoms with van der Waals surface area (Å²) in [5.74, 6) is -1.58. The van der Waals surface area contributed by atoms with E-state index in [9.17, 15) is 19.8 Å². The van der Waals surface area contributed by atoms with Gasteiger partial charge in [0.25, 0.3) is 5.91 Å². The van der Waals surface area contributed by atoms with Crippen LogP contribution in [0.25, 0.3) is 17.0 Å². The average Bonchev–Trinajstić information content (AvgIpc) is 3.15. The van der Waals surface area contributed by atoms with Crippen molar-refractivity contribution in [2.24, 2.45) is 12.0 Å². The van der Waals surface area contributed by atoms with Gasteiger partial charge >= 0.3 is 5.97 Å². The summed E-state index contributed by atoms with van der Waals surface area (Å²) in [7, 11) is 3.55. The van der Waals surface area contributed by atoms with Crippen LogP contribution in [0.4, 0.5) is 5.69 Å². The number of aromatic carboxylic acids is 1. The standard InChI is InChI=1S/C21H17N3O4S/c1-23-11-12(14-5-3-4-6-17(14)23)9-18-19(26)24(2)21(29-18)22-16-8-7-13(25)10-15(16)20(27)28/h3-11,25H,1-2H3,(H,27,28)/b18-9-,22-21?. The van der Waals surface area contributed by atoms with E-state index in [0.717, 1.165) is 22.5 Å². The van der Waals surface area contributed by atoms with Crippen molar-refractivity contribution in [2.75, 3.05) is 7.05 Å². The van der Waals surface area contributed by atoms with Crippen molar-refractivity contribution in [2.45, 2.75) is 0 Å². The van der Waals surface area contributed by atoms with E-state index in [2.05, 4.69) is 4.99 Å². The number of carbonyl (C=O) groups is 2. The van der Waals surface area contributed by atoms with Gasteiger partial charge in [0.2, 0.25) is 0 Å². The summed E-state index contributed by atoms with van der Waals surface area (Å²) >= 11 is 1.18. The lowest BCUT2D eigenvalue weighted by Crippen LogP contribution is -2.23. The molecule has 1 aliphatic heterocycles. The zero-order chi connectivity index (χ0) is 20.7. The van der Waals surface area contributed by atoms with E-state index in [0.29, 0.717) is 10.1 Å². The molecule has 4 rings (SSSR count). The first-order valence-electron chi connectivity index (χ1n) is 8.72. The number of fused-ring (bicyclic) bond motifs is 1. The van der Waals surface area contributed by atoms with E-state index in [4.69, 9.17) is 0 Å². The first-order chi connectivity index (χ1) is 13.8. The molecule has 1 amide bonds. The summed E-state index contributed by atoms with van der Waals surface area (Å²) in [6, 6.07) is 11.8. The number of aliphatic imine (C=N–C) groups is 1. The SMILES string of the molecule is CN1C(=O)/C(=C/c2cn(C)c3ccccc23)SC1=Nc1ccc(O)cc1C(=O)O. The quantitative estimate of drug-likeness (QED) is 0.644. The van der Waals surface area contributed by atoms with E-state index in [1.54, 1.807) is 7.05 Å². The number of aromatic nitrogens is 1. The van der Waals surface area contributed by atoms with Crippen LogP contribution in [0.2, 0.25) is 0 Å². The minimum atomic E-state index is -1.20. The van der Waals surface area contributed by atoms with E-state index in [-0.39, 0.29) is 22.9 Å². The lowest BCUT2D eigenvalue weighted by atomic mass is 10.1. The Morgan fingerprint density at radius 2 is 1.93 bits per heavy atom. The number of carboxylic acids is 1. The number of amides is 1. The first-order valence-corrected chi connectivity index (χ1v) is 9.53. The number of amidine groups is 1. The second-order valence-corrected chi connectivity index (χ2v) is 7.60. The number of aryl methyl sites for hydroxylation is 1. The van der Waals surface area contributed by atoms with Crippen LogP contribution in [0.15, 0.2) is 58.6 Å². The lowest BCUT2D eigenvalue weighted by Gasteiger charge is -2.08. The highest BCUT2D eigenvalue weighted by Crippen LogP contribution is 2.35. The van der Waals surface area contributed by atoms with Crippen LogP contribution in [-0.2, 0) is 11.8 Å². The fourth-order valence-electron chi connectivity index (χ4n) is 3.18. The van der Waals surface area contributed by atoms with Crippen LogP contribution >= 0.6 is 11.8 Å². The molecule has 7 nitrogen and oxygen atoms in total. The fraction of sp³-hybridized carbons (Fsp3) is 0.0952. The molecule has 2 N–H and O–H groups in total. The van der Waals surface area contributed by atoms with Gasteiger partial charge in [0.15, 0.2) is 5.17 Å². The maximum Gasteiger partial charge on any atom is 0.338 e. The molecular weight excluding hydrogens is 390 g/mol. The van der Waals surface area contributed by atoms with Gasteiger partial charge in [0.1, 0.15) is 5.75 Å². The summed E-state index contributed by atoms with van der Waals surface area (Å²) in [5.41, 5.74) is 2.02. The van der Waals surface area contributed by atoms with Gasteiger partial charge in [-0.2, -0.15) is 0 Å². The minimum Gasteiger partial charge on any atom is -0.508 e. The molecule has 0 unspecified atom stereocenters. The molecule has 1 aliphatic rings. The molecule has 0 spiro atoms. The minimum absolute atomic E-state index is 0.134. The number of nitrogens with zero attached hydrogens (tertiary/aromatic N) is 3. The maximum absolute atomic E-state index is 12.7. The van der Waals surface area contributed by atoms with Crippen molar-refractivity contribution in [1.29, 1.82) is 0 Å². The smallest absolute Gasteiger partial charge is 0.338 e. The third-order valence-corrected chi connectivity index (χ3v) is 5.70. The normalized spacial score (nSPS) is 17.0. The summed E-state index contributed by atoms with van der Waals surface area (Å²) in [4.78, 5) is 30.4. The highest BCUT2D eigenvalue weighted by molar-refractivity contribution is 8.18. The largest absolute Gasteiger partial charge is 0.508 e. The Kier molecular flexibility index (Phi) is 4.63. The summed E-state index contributed by atoms with van der Waals surface area (Å²) < 4.78 is 2.00. The van der Waals surface area contributed by atoms with Crippen molar-refractivity contribution < 1.29 is 19.8 Å². The van der Waals surface area contributed by atoms with Crippen molar-refractivity contribution in [3.8, 4) is 5.75 Å². The average molecular weight is 407 g/mol. The van der Waals surface area contributed by atoms with Gasteiger partial charge in [-0.3, -0.25) is 9.69 Å². The van der Waals surface area contributed by atoms with Gasteiger partial charge in [0, 0.05) is 36.8 Å². The number of rotatable bonds is 3. The van der Waals surface area contributed by atoms with Crippen LogP contribution in [0, 0.1) is 0 Å². The number of likely N-dealkylation sites (N-methyl/N-ethyl adjacent to an activating group) is 1. The number of phenolic OH excluding ortho intramolecular Hbond substituents is 1. The molecule has 29 heavy (non-hydrogen) atoms. The molecule has 0 aliphatic carbocycles. The number of carbonyl (C=O) groups excluding carboxylic acids is 1. The Balaban J connectivity index is 1.74. The molecule has 0 bridgehead atoms. The number of phenols is 1. The molecule has 0 radical (unpaired) electrons. The zero-order valence-corrected chi connectivity index (χ0v) is 16.5. The van der Waals surface area contributed by atoms with E-state index in [1.807, 2.05) is 48.2 Å². The number of para-hydroxylation sites is 1. The van der Waals surface area contributed by atoms with Gasteiger partial charge < -0.3 is 14.8 Å². The molecule has 2 aromatic carbocycles. The van der Waals surface area contributed by atoms with Crippen molar-refractivity contribution in [3.05, 3.63) is 64.7 Å². The van der Waals surface area contributed by atoms with E-state index >= 15 is 0 Å². The highest BCUT2D eigenvalue weighted by atomic mass is 32.2. The second-order valence-electron chi connectivity index (χ2n) is 6.59. The number of carboxylic acid groups (broad SMARTS) is 1. The monoisotopic (exact) mass is 407 g/mol. The number of benzene rings is 2. The molecule has 1 saturated heterocycles. The first kappa shape index (κ1) is 18.8. The predicted octanol–water partition coefficient (Wildman–Crippen LogP) is 3.82.